The number of likely N-dealkylation sites (N-methyl/N-ethyl adjacent to an activating group) is 1. The summed E-state index contributed by atoms with van der Waals surface area (Å²) in [6.07, 6.45) is 3.65. The van der Waals surface area contributed by atoms with E-state index in [0.717, 1.165) is 19.3 Å². The van der Waals surface area contributed by atoms with Gasteiger partial charge in [0.05, 0.1) is 23.1 Å². The molecule has 11 nitrogen and oxygen atoms in total. The summed E-state index contributed by atoms with van der Waals surface area (Å²) in [5, 5.41) is 34.5. The van der Waals surface area contributed by atoms with Crippen LogP contribution in [0.5, 0.6) is 5.75 Å². The highest BCUT2D eigenvalue weighted by Gasteiger charge is 2.76. The number of phenolic OH excluding ortho intramolecular Hbond substituents is 1. The zero-order chi connectivity index (χ0) is 32.7. The minimum Gasteiger partial charge on any atom is -0.506 e. The second kappa shape index (κ2) is 10.2. The minimum absolute atomic E-state index is 0.0912. The first-order chi connectivity index (χ1) is 20.3. The molecule has 3 saturated carbocycles. The molecule has 2 unspecified atom stereocenters. The van der Waals surface area contributed by atoms with Crippen LogP contribution in [-0.2, 0) is 25.6 Å². The lowest BCUT2D eigenvalue weighted by molar-refractivity contribution is -0.203. The van der Waals surface area contributed by atoms with E-state index >= 15 is 0 Å². The second-order valence-corrected chi connectivity index (χ2v) is 14.1. The van der Waals surface area contributed by atoms with Gasteiger partial charge in [0, 0.05) is 25.2 Å². The van der Waals surface area contributed by atoms with Crippen LogP contribution in [-0.4, -0.2) is 94.7 Å². The highest BCUT2D eigenvalue weighted by molar-refractivity contribution is 6.33. The fourth-order valence-corrected chi connectivity index (χ4v) is 8.71. The molecule has 11 heteroatoms. The molecular formula is C33H41N3O8. The van der Waals surface area contributed by atoms with Gasteiger partial charge < -0.3 is 26.0 Å². The summed E-state index contributed by atoms with van der Waals surface area (Å²) in [5.74, 6) is -3.58. The van der Waals surface area contributed by atoms with Gasteiger partial charge in [-0.25, -0.2) is 0 Å². The maximum Gasteiger partial charge on any atom is 0.235 e. The zero-order valence-electron chi connectivity index (χ0n) is 26.1. The number of rotatable bonds is 3. The maximum atomic E-state index is 14.5. The first kappa shape index (κ1) is 31.8. The van der Waals surface area contributed by atoms with Crippen molar-refractivity contribution in [1.29, 1.82) is 0 Å². The number of hydrogen-bond donors (Lipinski definition) is 4. The van der Waals surface area contributed by atoms with Crippen molar-refractivity contribution < 1.29 is 39.3 Å². The number of fused-ring (bicyclic) bond motifs is 3. The van der Waals surface area contributed by atoms with Crippen molar-refractivity contribution in [2.75, 3.05) is 33.1 Å². The number of phenols is 1. The molecule has 44 heavy (non-hydrogen) atoms. The van der Waals surface area contributed by atoms with Crippen molar-refractivity contribution >= 4 is 34.7 Å². The van der Waals surface area contributed by atoms with Gasteiger partial charge in [0.1, 0.15) is 11.4 Å². The van der Waals surface area contributed by atoms with Gasteiger partial charge >= 0.3 is 0 Å². The maximum absolute atomic E-state index is 14.5. The van der Waals surface area contributed by atoms with Crippen LogP contribution >= 0.6 is 0 Å². The van der Waals surface area contributed by atoms with Gasteiger partial charge in [-0.3, -0.25) is 28.9 Å². The molecule has 3 fully saturated rings. The Kier molecular flexibility index (Phi) is 7.39. The number of anilines is 1. The highest BCUT2D eigenvalue weighted by atomic mass is 16.3. The van der Waals surface area contributed by atoms with E-state index in [1.165, 1.54) is 11.8 Å². The van der Waals surface area contributed by atoms with E-state index in [1.807, 2.05) is 0 Å². The third-order valence-electron chi connectivity index (χ3n) is 10.6. The van der Waals surface area contributed by atoms with Gasteiger partial charge in [-0.1, -0.05) is 32.1 Å². The first-order valence-electron chi connectivity index (χ1n) is 15.0. The monoisotopic (exact) mass is 607 g/mol. The Labute approximate surface area is 256 Å². The van der Waals surface area contributed by atoms with E-state index in [4.69, 9.17) is 5.73 Å². The van der Waals surface area contributed by atoms with Crippen LogP contribution in [0.15, 0.2) is 6.07 Å². The Morgan fingerprint density at radius 3 is 2.16 bits per heavy atom. The van der Waals surface area contributed by atoms with Crippen LogP contribution in [0.4, 0.5) is 5.69 Å². The van der Waals surface area contributed by atoms with Crippen LogP contribution < -0.4 is 10.6 Å². The molecule has 0 saturated heterocycles. The number of aromatic hydroxyl groups is 1. The number of benzene rings is 1. The number of nitrogens with zero attached hydrogens (tertiary/aromatic N) is 2. The molecule has 1 aromatic carbocycles. The molecule has 6 atom stereocenters. The van der Waals surface area contributed by atoms with Crippen LogP contribution in [0.25, 0.3) is 0 Å². The molecule has 5 N–H and O–H groups in total. The predicted molar refractivity (Wildman–Crippen MR) is 160 cm³/mol. The Bertz CT molecular complexity index is 1560. The lowest BCUT2D eigenvalue weighted by atomic mass is 9.42. The summed E-state index contributed by atoms with van der Waals surface area (Å²) in [6.45, 7) is 3.19. The van der Waals surface area contributed by atoms with Crippen molar-refractivity contribution in [2.45, 2.75) is 76.0 Å². The fraction of sp³-hybridized carbons (Fsp3) is 0.606. The normalized spacial score (nSPS) is 34.4. The topological polar surface area (TPSA) is 179 Å². The van der Waals surface area contributed by atoms with Crippen LogP contribution in [0.2, 0.25) is 0 Å². The predicted octanol–water partition coefficient (Wildman–Crippen LogP) is 0.760. The molecular weight excluding hydrogens is 566 g/mol. The molecule has 0 bridgehead atoms. The largest absolute Gasteiger partial charge is 0.506 e. The standard InChI is InChI=1S/C33H41N3O8/c1-30-15-18-19(35(3)4)14-17(10-13-32(43)11-8-7-9-12-32)23(37)20(18)24(38)22(30)28(41)33(44)27(40)21(29(34)42)25(39)26(36(5)6)31(33,2)16-30/h14,21-22,26,37,43-44H,7-9,11-12,15-16H2,1-6H3,(H2,34,42)/t21?,22?,26-,30+,31+,33-/m1/s1. The molecule has 236 valence electrons. The average molecular weight is 608 g/mol. The molecule has 4 aliphatic carbocycles. The Morgan fingerprint density at radius 2 is 1.61 bits per heavy atom. The molecule has 0 aromatic heterocycles. The van der Waals surface area contributed by atoms with E-state index in [2.05, 4.69) is 11.8 Å². The molecule has 1 amide bonds. The van der Waals surface area contributed by atoms with Gasteiger partial charge in [-0.05, 0) is 69.7 Å². The summed E-state index contributed by atoms with van der Waals surface area (Å²) in [5.41, 5.74) is -0.467. The molecule has 0 heterocycles. The molecule has 4 aliphatic rings. The summed E-state index contributed by atoms with van der Waals surface area (Å²) < 4.78 is 0. The van der Waals surface area contributed by atoms with Crippen LogP contribution in [0.3, 0.4) is 0 Å². The molecule has 0 spiro atoms. The number of nitrogens with two attached hydrogens (primary N) is 1. The number of Topliss-reactive ketones (excluding diaryl/α,β-unsaturated/α-hetero) is 4. The van der Waals surface area contributed by atoms with Crippen LogP contribution in [0.1, 0.15) is 73.9 Å². The van der Waals surface area contributed by atoms with E-state index in [1.54, 1.807) is 46.1 Å². The smallest absolute Gasteiger partial charge is 0.235 e. The lowest BCUT2D eigenvalue weighted by Gasteiger charge is -2.61. The van der Waals surface area contributed by atoms with Crippen molar-refractivity contribution in [3.8, 4) is 17.6 Å². The lowest BCUT2D eigenvalue weighted by Crippen LogP contribution is -2.79. The van der Waals surface area contributed by atoms with Crippen molar-refractivity contribution in [2.24, 2.45) is 28.4 Å². The Morgan fingerprint density at radius 1 is 1.00 bits per heavy atom. The number of carbonyl (C=O) groups excluding carboxylic acids is 5. The van der Waals surface area contributed by atoms with E-state index in [9.17, 15) is 39.3 Å². The Balaban J connectivity index is 1.71. The summed E-state index contributed by atoms with van der Waals surface area (Å²) in [7, 11) is 6.65. The molecule has 5 rings (SSSR count). The molecule has 0 radical (unpaired) electrons. The third-order valence-corrected chi connectivity index (χ3v) is 10.6. The fourth-order valence-electron chi connectivity index (χ4n) is 8.71. The van der Waals surface area contributed by atoms with Crippen molar-refractivity contribution in [3.05, 3.63) is 22.8 Å². The number of aliphatic hydroxyl groups is 2. The SMILES string of the molecule is CN(C)c1cc(C#CC2(O)CCCCC2)c(O)c2c1C[C@@]1(C)C[C@@]3(C)[C@H](N(C)C)C(=O)C(C(N)=O)C(=O)[C@@]3(O)C(=O)C1C2=O. The molecule has 1 aromatic rings. The highest BCUT2D eigenvalue weighted by Crippen LogP contribution is 2.62. The zero-order valence-corrected chi connectivity index (χ0v) is 26.1. The molecule has 0 aliphatic heterocycles. The number of hydrogen-bond acceptors (Lipinski definition) is 10. The number of primary amides is 1. The van der Waals surface area contributed by atoms with E-state index < -0.39 is 74.7 Å². The number of amides is 1. The van der Waals surface area contributed by atoms with E-state index in [0.29, 0.717) is 24.1 Å². The minimum atomic E-state index is -2.87. The van der Waals surface area contributed by atoms with Crippen molar-refractivity contribution in [1.82, 2.24) is 4.90 Å². The van der Waals surface area contributed by atoms with Gasteiger partial charge in [0.25, 0.3) is 0 Å². The first-order valence-corrected chi connectivity index (χ1v) is 15.0. The van der Waals surface area contributed by atoms with Gasteiger partial charge in [0.15, 0.2) is 34.7 Å². The third kappa shape index (κ3) is 4.25. The Hall–Kier alpha value is -3.59. The van der Waals surface area contributed by atoms with Gasteiger partial charge in [-0.15, -0.1) is 0 Å². The second-order valence-electron chi connectivity index (χ2n) is 14.1. The van der Waals surface area contributed by atoms with Crippen LogP contribution in [0, 0.1) is 34.5 Å². The van der Waals surface area contributed by atoms with E-state index in [-0.39, 0.29) is 24.0 Å². The summed E-state index contributed by atoms with van der Waals surface area (Å²) in [6, 6.07) is 0.423. The number of ketones is 4. The summed E-state index contributed by atoms with van der Waals surface area (Å²) in [4.78, 5) is 71.8. The summed E-state index contributed by atoms with van der Waals surface area (Å²) >= 11 is 0. The number of carbonyl (C=O) groups is 5. The van der Waals surface area contributed by atoms with Crippen molar-refractivity contribution in [3.63, 3.8) is 0 Å². The van der Waals surface area contributed by atoms with Gasteiger partial charge in [-0.2, -0.15) is 0 Å². The average Bonchev–Trinajstić information content (AvgIpc) is 2.90. The van der Waals surface area contributed by atoms with Gasteiger partial charge in [0.2, 0.25) is 5.91 Å². The quantitative estimate of drug-likeness (QED) is 0.283.